The molecular formula is C21H15FIN3O3. The third kappa shape index (κ3) is 4.54. The topological polar surface area (TPSA) is 67.6 Å². The van der Waals surface area contributed by atoms with Crippen LogP contribution >= 0.6 is 22.6 Å². The maximum atomic E-state index is 14.3. The van der Waals surface area contributed by atoms with Crippen LogP contribution in [0.3, 0.4) is 0 Å². The molecule has 0 atom stereocenters. The molecule has 0 spiro atoms. The minimum atomic E-state index is -0.602. The second-order valence-electron chi connectivity index (χ2n) is 6.12. The summed E-state index contributed by atoms with van der Waals surface area (Å²) in [5.41, 5.74) is 4.17. The monoisotopic (exact) mass is 503 g/mol. The van der Waals surface area contributed by atoms with Crippen LogP contribution in [0.5, 0.6) is 0 Å². The standard InChI is InChI=1S/C21H15FIN3O3/c22-17-11-16(23)6-7-18(17)25-26(28-13-14-4-2-1-3-5-14)21(27)20-10-15-12-24-9-8-19(15)29-20/h1-12,25H,13H2. The minimum Gasteiger partial charge on any atom is -0.451 e. The molecule has 0 aliphatic carbocycles. The van der Waals surface area contributed by atoms with Gasteiger partial charge in [0.25, 0.3) is 0 Å². The molecule has 29 heavy (non-hydrogen) atoms. The number of aromatic nitrogens is 1. The normalized spacial score (nSPS) is 10.8. The maximum Gasteiger partial charge on any atom is 0.332 e. The Morgan fingerprint density at radius 1 is 1.17 bits per heavy atom. The van der Waals surface area contributed by atoms with Crippen molar-refractivity contribution in [3.8, 4) is 0 Å². The Labute approximate surface area is 179 Å². The third-order valence-corrected chi connectivity index (χ3v) is 4.74. The number of hydroxylamine groups is 1. The number of hydrogen-bond acceptors (Lipinski definition) is 5. The van der Waals surface area contributed by atoms with Gasteiger partial charge >= 0.3 is 5.91 Å². The molecule has 0 saturated carbocycles. The van der Waals surface area contributed by atoms with Crippen molar-refractivity contribution >= 4 is 45.2 Å². The van der Waals surface area contributed by atoms with Gasteiger partial charge in [-0.05, 0) is 58.5 Å². The van der Waals surface area contributed by atoms with Crippen LogP contribution in [0.4, 0.5) is 10.1 Å². The fourth-order valence-corrected chi connectivity index (χ4v) is 3.09. The Hall–Kier alpha value is -2.98. The number of nitrogens with zero attached hydrogens (tertiary/aromatic N) is 2. The highest BCUT2D eigenvalue weighted by Gasteiger charge is 2.23. The minimum absolute atomic E-state index is 0.0412. The van der Waals surface area contributed by atoms with Crippen LogP contribution in [-0.2, 0) is 11.4 Å². The predicted molar refractivity (Wildman–Crippen MR) is 114 cm³/mol. The summed E-state index contributed by atoms with van der Waals surface area (Å²) in [6.45, 7) is 0.105. The zero-order chi connectivity index (χ0) is 20.2. The lowest BCUT2D eigenvalue weighted by atomic mass is 10.2. The van der Waals surface area contributed by atoms with Crippen LogP contribution in [0, 0.1) is 9.39 Å². The molecule has 0 aliphatic heterocycles. The number of halogens is 2. The Morgan fingerprint density at radius 2 is 2.00 bits per heavy atom. The first kappa shape index (κ1) is 19.3. The van der Waals surface area contributed by atoms with E-state index >= 15 is 0 Å². The number of furan rings is 1. The van der Waals surface area contributed by atoms with E-state index in [4.69, 9.17) is 9.25 Å². The first-order valence-electron chi connectivity index (χ1n) is 8.67. The molecule has 4 rings (SSSR count). The fraction of sp³-hybridized carbons (Fsp3) is 0.0476. The second kappa shape index (κ2) is 8.58. The molecule has 0 saturated heterocycles. The summed E-state index contributed by atoms with van der Waals surface area (Å²) in [5.74, 6) is -1.07. The highest BCUT2D eigenvalue weighted by atomic mass is 127. The zero-order valence-electron chi connectivity index (χ0n) is 15.0. The number of rotatable bonds is 6. The van der Waals surface area contributed by atoms with E-state index in [1.54, 1.807) is 30.6 Å². The average Bonchev–Trinajstić information content (AvgIpc) is 3.17. The first-order valence-corrected chi connectivity index (χ1v) is 9.74. The Morgan fingerprint density at radius 3 is 2.76 bits per heavy atom. The number of anilines is 1. The van der Waals surface area contributed by atoms with Gasteiger partial charge in [0, 0.05) is 21.4 Å². The summed E-state index contributed by atoms with van der Waals surface area (Å²) >= 11 is 2.01. The van der Waals surface area contributed by atoms with Crippen molar-refractivity contribution in [3.63, 3.8) is 0 Å². The van der Waals surface area contributed by atoms with Crippen LogP contribution < -0.4 is 5.43 Å². The maximum absolute atomic E-state index is 14.3. The van der Waals surface area contributed by atoms with E-state index in [1.165, 1.54) is 12.1 Å². The summed E-state index contributed by atoms with van der Waals surface area (Å²) < 4.78 is 20.7. The van der Waals surface area contributed by atoms with Crippen molar-refractivity contribution in [2.45, 2.75) is 6.61 Å². The number of nitrogens with one attached hydrogen (secondary N) is 1. The van der Waals surface area contributed by atoms with E-state index in [-0.39, 0.29) is 18.1 Å². The first-order chi connectivity index (χ1) is 14.1. The average molecular weight is 503 g/mol. The van der Waals surface area contributed by atoms with Crippen molar-refractivity contribution in [2.24, 2.45) is 0 Å². The van der Waals surface area contributed by atoms with Crippen molar-refractivity contribution in [2.75, 3.05) is 5.43 Å². The molecule has 8 heteroatoms. The van der Waals surface area contributed by atoms with Crippen LogP contribution in [0.1, 0.15) is 16.1 Å². The van der Waals surface area contributed by atoms with E-state index < -0.39 is 11.7 Å². The smallest absolute Gasteiger partial charge is 0.332 e. The van der Waals surface area contributed by atoms with Crippen molar-refractivity contribution in [1.82, 2.24) is 10.2 Å². The Bertz CT molecular complexity index is 1120. The zero-order valence-corrected chi connectivity index (χ0v) is 17.2. The van der Waals surface area contributed by atoms with Gasteiger partial charge in [-0.3, -0.25) is 15.2 Å². The quantitative estimate of drug-likeness (QED) is 0.291. The van der Waals surface area contributed by atoms with Crippen molar-refractivity contribution in [1.29, 1.82) is 0 Å². The summed E-state index contributed by atoms with van der Waals surface area (Å²) in [7, 11) is 0. The largest absolute Gasteiger partial charge is 0.451 e. The number of pyridine rings is 1. The number of fused-ring (bicyclic) bond motifs is 1. The molecule has 4 aromatic rings. The van der Waals surface area contributed by atoms with E-state index in [0.29, 0.717) is 11.0 Å². The molecule has 1 N–H and O–H groups in total. The van der Waals surface area contributed by atoms with E-state index in [0.717, 1.165) is 14.3 Å². The molecule has 2 aromatic heterocycles. The van der Waals surface area contributed by atoms with E-state index in [9.17, 15) is 9.18 Å². The Kier molecular flexibility index (Phi) is 5.72. The summed E-state index contributed by atoms with van der Waals surface area (Å²) in [6, 6.07) is 17.2. The van der Waals surface area contributed by atoms with E-state index in [2.05, 4.69) is 10.4 Å². The van der Waals surface area contributed by atoms with Crippen molar-refractivity contribution in [3.05, 3.63) is 93.8 Å². The van der Waals surface area contributed by atoms with Gasteiger partial charge in [0.2, 0.25) is 0 Å². The van der Waals surface area contributed by atoms with E-state index in [1.807, 2.05) is 52.9 Å². The molecule has 2 aromatic carbocycles. The number of benzene rings is 2. The van der Waals surface area contributed by atoms with Gasteiger partial charge in [0.05, 0.1) is 5.69 Å². The predicted octanol–water partition coefficient (Wildman–Crippen LogP) is 5.17. The molecule has 0 bridgehead atoms. The van der Waals surface area contributed by atoms with Gasteiger partial charge in [-0.2, -0.15) is 0 Å². The van der Waals surface area contributed by atoms with Gasteiger partial charge < -0.3 is 4.42 Å². The SMILES string of the molecule is O=C(c1cc2cnccc2o1)N(Nc1ccc(I)cc1F)OCc1ccccc1. The third-order valence-electron chi connectivity index (χ3n) is 4.07. The highest BCUT2D eigenvalue weighted by molar-refractivity contribution is 14.1. The van der Waals surface area contributed by atoms with Gasteiger partial charge in [0.15, 0.2) is 5.76 Å². The lowest BCUT2D eigenvalue weighted by Gasteiger charge is -2.22. The summed E-state index contributed by atoms with van der Waals surface area (Å²) in [6.07, 6.45) is 3.17. The molecule has 0 aliphatic rings. The number of hydrogen-bond donors (Lipinski definition) is 1. The molecular weight excluding hydrogens is 488 g/mol. The van der Waals surface area contributed by atoms with Gasteiger partial charge in [-0.15, -0.1) is 5.17 Å². The summed E-state index contributed by atoms with van der Waals surface area (Å²) in [4.78, 5) is 22.7. The molecule has 146 valence electrons. The van der Waals surface area contributed by atoms with Crippen LogP contribution in [0.2, 0.25) is 0 Å². The number of amides is 1. The van der Waals surface area contributed by atoms with Gasteiger partial charge in [-0.1, -0.05) is 30.3 Å². The molecule has 1 amide bonds. The molecule has 0 unspecified atom stereocenters. The molecule has 0 fully saturated rings. The number of carbonyl (C=O) groups excluding carboxylic acids is 1. The van der Waals surface area contributed by atoms with Crippen LogP contribution in [0.25, 0.3) is 11.0 Å². The highest BCUT2D eigenvalue weighted by Crippen LogP contribution is 2.22. The molecule has 2 heterocycles. The Balaban J connectivity index is 1.61. The van der Waals surface area contributed by atoms with Gasteiger partial charge in [-0.25, -0.2) is 9.23 Å². The van der Waals surface area contributed by atoms with Crippen LogP contribution in [0.15, 0.2) is 77.5 Å². The lowest BCUT2D eigenvalue weighted by molar-refractivity contribution is -0.118. The number of hydrazine groups is 1. The lowest BCUT2D eigenvalue weighted by Crippen LogP contribution is -2.36. The second-order valence-corrected chi connectivity index (χ2v) is 7.36. The molecule has 0 radical (unpaired) electrons. The van der Waals surface area contributed by atoms with Crippen molar-refractivity contribution < 1.29 is 18.4 Å². The van der Waals surface area contributed by atoms with Gasteiger partial charge in [0.1, 0.15) is 18.0 Å². The fourth-order valence-electron chi connectivity index (χ4n) is 2.63. The summed E-state index contributed by atoms with van der Waals surface area (Å²) in [5, 5.41) is 1.56. The number of carbonyl (C=O) groups is 1. The molecule has 6 nitrogen and oxygen atoms in total. The van der Waals surface area contributed by atoms with Crippen LogP contribution in [-0.4, -0.2) is 16.1 Å².